The van der Waals surface area contributed by atoms with Crippen LogP contribution in [0.5, 0.6) is 0 Å². The fourth-order valence-electron chi connectivity index (χ4n) is 3.90. The van der Waals surface area contributed by atoms with Gasteiger partial charge < -0.3 is 4.90 Å². The van der Waals surface area contributed by atoms with Gasteiger partial charge >= 0.3 is 0 Å². The highest BCUT2D eigenvalue weighted by Gasteiger charge is 2.35. The van der Waals surface area contributed by atoms with E-state index in [2.05, 4.69) is 31.3 Å². The van der Waals surface area contributed by atoms with Gasteiger partial charge in [0, 0.05) is 23.5 Å². The van der Waals surface area contributed by atoms with Crippen LogP contribution < -0.4 is 5.32 Å². The molecule has 0 spiro atoms. The number of anilines is 1. The van der Waals surface area contributed by atoms with Gasteiger partial charge in [0.05, 0.1) is 10.6 Å². The van der Waals surface area contributed by atoms with Gasteiger partial charge in [-0.25, -0.2) is 4.98 Å². The minimum absolute atomic E-state index is 0.00184. The summed E-state index contributed by atoms with van der Waals surface area (Å²) in [6.07, 6.45) is 3.80. The Morgan fingerprint density at radius 1 is 1.06 bits per heavy atom. The van der Waals surface area contributed by atoms with Crippen molar-refractivity contribution in [2.24, 2.45) is 0 Å². The minimum atomic E-state index is -0.257. The molecule has 1 aliphatic rings. The van der Waals surface area contributed by atoms with Gasteiger partial charge in [-0.15, -0.1) is 11.3 Å². The number of amides is 2. The SMILES string of the molecule is Cc1ccc(-n2cc(-c3ccccc3)nc2NC(=O)CN(C(=O)c2cccs2)C2CC2)cc1C. The van der Waals surface area contributed by atoms with Gasteiger partial charge in [-0.05, 0) is 61.4 Å². The zero-order chi connectivity index (χ0) is 23.7. The van der Waals surface area contributed by atoms with E-state index in [-0.39, 0.29) is 24.4 Å². The second-order valence-electron chi connectivity index (χ2n) is 8.64. The van der Waals surface area contributed by atoms with Crippen molar-refractivity contribution in [2.75, 3.05) is 11.9 Å². The number of benzene rings is 2. The molecular formula is C27H26N4O2S. The average Bonchev–Trinajstić information content (AvgIpc) is 3.36. The highest BCUT2D eigenvalue weighted by Crippen LogP contribution is 2.30. The molecule has 0 unspecified atom stereocenters. The summed E-state index contributed by atoms with van der Waals surface area (Å²) in [7, 11) is 0. The topological polar surface area (TPSA) is 67.2 Å². The first-order chi connectivity index (χ1) is 16.5. The Bertz CT molecular complexity index is 1320. The van der Waals surface area contributed by atoms with Gasteiger partial charge in [0.25, 0.3) is 5.91 Å². The molecule has 5 rings (SSSR count). The molecule has 172 valence electrons. The third-order valence-corrected chi connectivity index (χ3v) is 6.95. The number of nitrogens with zero attached hydrogens (tertiary/aromatic N) is 3. The first kappa shape index (κ1) is 22.1. The Morgan fingerprint density at radius 3 is 2.53 bits per heavy atom. The van der Waals surface area contributed by atoms with Gasteiger partial charge in [-0.2, -0.15) is 0 Å². The van der Waals surface area contributed by atoms with Crippen molar-refractivity contribution < 1.29 is 9.59 Å². The Kier molecular flexibility index (Phi) is 6.02. The van der Waals surface area contributed by atoms with Crippen LogP contribution >= 0.6 is 11.3 Å². The molecule has 7 heteroatoms. The van der Waals surface area contributed by atoms with Gasteiger partial charge in [0.1, 0.15) is 6.54 Å². The van der Waals surface area contributed by atoms with E-state index in [9.17, 15) is 9.59 Å². The van der Waals surface area contributed by atoms with Crippen LogP contribution in [0.4, 0.5) is 5.95 Å². The lowest BCUT2D eigenvalue weighted by molar-refractivity contribution is -0.117. The third-order valence-electron chi connectivity index (χ3n) is 6.09. The summed E-state index contributed by atoms with van der Waals surface area (Å²) >= 11 is 1.40. The summed E-state index contributed by atoms with van der Waals surface area (Å²) in [6, 6.07) is 19.8. The van der Waals surface area contributed by atoms with Crippen LogP contribution in [0.1, 0.15) is 33.6 Å². The number of hydrogen-bond donors (Lipinski definition) is 1. The predicted octanol–water partition coefficient (Wildman–Crippen LogP) is 5.46. The van der Waals surface area contributed by atoms with E-state index in [0.29, 0.717) is 10.8 Å². The zero-order valence-electron chi connectivity index (χ0n) is 19.2. The van der Waals surface area contributed by atoms with Crippen molar-refractivity contribution in [1.29, 1.82) is 0 Å². The van der Waals surface area contributed by atoms with Crippen LogP contribution in [0.3, 0.4) is 0 Å². The molecule has 0 atom stereocenters. The van der Waals surface area contributed by atoms with Gasteiger partial charge in [-0.3, -0.25) is 19.5 Å². The monoisotopic (exact) mass is 470 g/mol. The predicted molar refractivity (Wildman–Crippen MR) is 135 cm³/mol. The molecule has 2 amide bonds. The van der Waals surface area contributed by atoms with E-state index in [4.69, 9.17) is 4.98 Å². The molecule has 2 heterocycles. The van der Waals surface area contributed by atoms with Crippen LogP contribution in [0.2, 0.25) is 0 Å². The molecule has 2 aromatic carbocycles. The molecular weight excluding hydrogens is 444 g/mol. The smallest absolute Gasteiger partial charge is 0.264 e. The molecule has 0 aliphatic heterocycles. The number of aromatic nitrogens is 2. The number of aryl methyl sites for hydroxylation is 2. The Morgan fingerprint density at radius 2 is 1.85 bits per heavy atom. The minimum Gasteiger partial charge on any atom is -0.326 e. The number of hydrogen-bond acceptors (Lipinski definition) is 4. The van der Waals surface area contributed by atoms with Crippen LogP contribution in [0.25, 0.3) is 16.9 Å². The lowest BCUT2D eigenvalue weighted by Crippen LogP contribution is -2.39. The fourth-order valence-corrected chi connectivity index (χ4v) is 4.58. The highest BCUT2D eigenvalue weighted by atomic mass is 32.1. The Balaban J connectivity index is 1.43. The summed E-state index contributed by atoms with van der Waals surface area (Å²) in [5.41, 5.74) is 5.01. The molecule has 4 aromatic rings. The second kappa shape index (κ2) is 9.27. The van der Waals surface area contributed by atoms with E-state index in [1.165, 1.54) is 16.9 Å². The third kappa shape index (κ3) is 4.65. The number of carbonyl (C=O) groups is 2. The molecule has 0 radical (unpaired) electrons. The maximum Gasteiger partial charge on any atom is 0.264 e. The normalized spacial score (nSPS) is 13.0. The molecule has 1 N–H and O–H groups in total. The molecule has 6 nitrogen and oxygen atoms in total. The van der Waals surface area contributed by atoms with Gasteiger partial charge in [-0.1, -0.05) is 42.5 Å². The standard InChI is InChI=1S/C27H26N4O2S/c1-18-10-11-22(15-19(18)2)31-16-23(20-7-4-3-5-8-20)28-27(31)29-25(32)17-30(21-12-13-21)26(33)24-9-6-14-34-24/h3-11,14-16,21H,12-13,17H2,1-2H3,(H,28,29,32). The van der Waals surface area contributed by atoms with Crippen LogP contribution in [-0.4, -0.2) is 38.9 Å². The van der Waals surface area contributed by atoms with E-state index in [1.54, 1.807) is 11.0 Å². The van der Waals surface area contributed by atoms with Crippen molar-refractivity contribution in [3.8, 4) is 16.9 Å². The maximum absolute atomic E-state index is 13.1. The molecule has 0 saturated heterocycles. The summed E-state index contributed by atoms with van der Waals surface area (Å²) in [5.74, 6) is 0.0913. The molecule has 34 heavy (non-hydrogen) atoms. The first-order valence-corrected chi connectivity index (χ1v) is 12.2. The summed E-state index contributed by atoms with van der Waals surface area (Å²) in [5, 5.41) is 4.85. The number of nitrogens with one attached hydrogen (secondary N) is 1. The number of rotatable bonds is 7. The zero-order valence-corrected chi connectivity index (χ0v) is 20.0. The van der Waals surface area contributed by atoms with Crippen LogP contribution in [0, 0.1) is 13.8 Å². The van der Waals surface area contributed by atoms with Gasteiger partial charge in [0.2, 0.25) is 11.9 Å². The molecule has 1 saturated carbocycles. The van der Waals surface area contributed by atoms with Crippen molar-refractivity contribution in [3.05, 3.63) is 88.2 Å². The number of thiophene rings is 1. The fraction of sp³-hybridized carbons (Fsp3) is 0.222. The van der Waals surface area contributed by atoms with Crippen LogP contribution in [0.15, 0.2) is 72.2 Å². The largest absolute Gasteiger partial charge is 0.326 e. The van der Waals surface area contributed by atoms with E-state index >= 15 is 0 Å². The molecule has 0 bridgehead atoms. The highest BCUT2D eigenvalue weighted by molar-refractivity contribution is 7.12. The van der Waals surface area contributed by atoms with Crippen molar-refractivity contribution in [3.63, 3.8) is 0 Å². The molecule has 1 aliphatic carbocycles. The Hall–Kier alpha value is -3.71. The maximum atomic E-state index is 13.1. The summed E-state index contributed by atoms with van der Waals surface area (Å²) in [6.45, 7) is 4.14. The van der Waals surface area contributed by atoms with Crippen molar-refractivity contribution in [1.82, 2.24) is 14.5 Å². The summed E-state index contributed by atoms with van der Waals surface area (Å²) < 4.78 is 1.90. The van der Waals surface area contributed by atoms with Gasteiger partial charge in [0.15, 0.2) is 0 Å². The quantitative estimate of drug-likeness (QED) is 0.390. The number of carbonyl (C=O) groups excluding carboxylic acids is 2. The molecule has 2 aromatic heterocycles. The second-order valence-corrected chi connectivity index (χ2v) is 9.59. The van der Waals surface area contributed by atoms with Crippen molar-refractivity contribution in [2.45, 2.75) is 32.7 Å². The van der Waals surface area contributed by atoms with E-state index < -0.39 is 0 Å². The summed E-state index contributed by atoms with van der Waals surface area (Å²) in [4.78, 5) is 33.2. The Labute approximate surface area is 202 Å². The lowest BCUT2D eigenvalue weighted by Gasteiger charge is -2.21. The van der Waals surface area contributed by atoms with E-state index in [0.717, 1.165) is 35.3 Å². The number of imidazole rings is 1. The van der Waals surface area contributed by atoms with E-state index in [1.807, 2.05) is 58.6 Å². The average molecular weight is 471 g/mol. The lowest BCUT2D eigenvalue weighted by atomic mass is 10.1. The van der Waals surface area contributed by atoms with Crippen LogP contribution in [-0.2, 0) is 4.79 Å². The first-order valence-electron chi connectivity index (χ1n) is 11.4. The molecule has 1 fully saturated rings. The van der Waals surface area contributed by atoms with Crippen molar-refractivity contribution >= 4 is 29.1 Å².